The van der Waals surface area contributed by atoms with Crippen molar-refractivity contribution in [3.05, 3.63) is 259 Å². The summed E-state index contributed by atoms with van der Waals surface area (Å²) < 4.78 is 0. The van der Waals surface area contributed by atoms with E-state index >= 15 is 0 Å². The van der Waals surface area contributed by atoms with Gasteiger partial charge in [-0.05, 0) is 95.4 Å². The van der Waals surface area contributed by atoms with Gasteiger partial charge in [-0.25, -0.2) is 9.97 Å². The monoisotopic (exact) mass is 801 g/mol. The lowest BCUT2D eigenvalue weighted by atomic mass is 9.66. The van der Waals surface area contributed by atoms with Crippen molar-refractivity contribution in [1.29, 1.82) is 0 Å². The quantitative estimate of drug-likeness (QED) is 0.161. The largest absolute Gasteiger partial charge is 0.264 e. The lowest BCUT2D eigenvalue weighted by molar-refractivity contribution is 0.776. The Morgan fingerprint density at radius 1 is 0.333 bits per heavy atom. The molecule has 0 N–H and O–H groups in total. The number of aromatic nitrogens is 3. The summed E-state index contributed by atoms with van der Waals surface area (Å²) in [6.45, 7) is 0. The first-order valence-electron chi connectivity index (χ1n) is 21.5. The van der Waals surface area contributed by atoms with Crippen molar-refractivity contribution in [1.82, 2.24) is 15.0 Å². The fourth-order valence-corrected chi connectivity index (χ4v) is 10.0. The Bertz CT molecular complexity index is 3430. The summed E-state index contributed by atoms with van der Waals surface area (Å²) in [6.07, 6.45) is 3.70. The van der Waals surface area contributed by atoms with Crippen molar-refractivity contribution in [3.63, 3.8) is 0 Å². The van der Waals surface area contributed by atoms with E-state index in [1.807, 2.05) is 30.5 Å². The number of hydrogen-bond donors (Lipinski definition) is 0. The molecule has 0 amide bonds. The molecule has 63 heavy (non-hydrogen) atoms. The number of fused-ring (bicyclic) bond motifs is 6. The highest BCUT2D eigenvalue weighted by Crippen LogP contribution is 2.59. The molecule has 12 rings (SSSR count). The van der Waals surface area contributed by atoms with E-state index in [-0.39, 0.29) is 0 Å². The molecule has 2 aromatic heterocycles. The van der Waals surface area contributed by atoms with Gasteiger partial charge in [0.2, 0.25) is 0 Å². The van der Waals surface area contributed by atoms with E-state index in [2.05, 4.69) is 205 Å². The number of hydrogen-bond acceptors (Lipinski definition) is 3. The van der Waals surface area contributed by atoms with Crippen LogP contribution < -0.4 is 0 Å². The Hall–Kier alpha value is -8.27. The highest BCUT2D eigenvalue weighted by molar-refractivity contribution is 6.06. The van der Waals surface area contributed by atoms with Gasteiger partial charge in [-0.3, -0.25) is 4.98 Å². The molecule has 0 saturated carbocycles. The number of rotatable bonds is 7. The van der Waals surface area contributed by atoms with Crippen molar-refractivity contribution in [2.45, 2.75) is 5.41 Å². The minimum Gasteiger partial charge on any atom is -0.264 e. The van der Waals surface area contributed by atoms with Crippen LogP contribution in [0.5, 0.6) is 0 Å². The van der Waals surface area contributed by atoms with Crippen LogP contribution in [0.2, 0.25) is 0 Å². The average Bonchev–Trinajstić information content (AvgIpc) is 3.68. The summed E-state index contributed by atoms with van der Waals surface area (Å²) in [5.74, 6) is 0.691. The SMILES string of the molecule is c1ccc(-c2nc(-c3ccc(-c4cccnc4)cc3)cc(-c3ccc(-c4ccc5c(c4)C(c4ccccc4)(c4ccccc4)c4c-5ccc5ccccc45)c4ccccc34)n2)cc1. The lowest BCUT2D eigenvalue weighted by Gasteiger charge is -2.35. The van der Waals surface area contributed by atoms with Crippen LogP contribution in [0.25, 0.3) is 88.8 Å². The van der Waals surface area contributed by atoms with E-state index in [0.717, 1.165) is 44.6 Å². The Kier molecular flexibility index (Phi) is 8.72. The molecule has 0 atom stereocenters. The molecule has 2 heterocycles. The molecule has 0 radical (unpaired) electrons. The van der Waals surface area contributed by atoms with Crippen LogP contribution in [-0.4, -0.2) is 15.0 Å². The van der Waals surface area contributed by atoms with Gasteiger partial charge < -0.3 is 0 Å². The standard InChI is InChI=1S/C60H39N3/c1-4-16-43(17-5-1)59-62-56(42-28-26-40(27-29-42)45-18-14-36-61-39-45)38-57(63-59)53-35-34-48(50-24-12-13-25-51(50)53)44-31-32-52-54-33-30-41-15-10-11-23-49(41)58(54)60(55(52)37-44,46-19-6-2-7-20-46)47-21-8-3-9-22-47/h1-39H. The maximum absolute atomic E-state index is 5.28. The lowest BCUT2D eigenvalue weighted by Crippen LogP contribution is -2.28. The summed E-state index contributed by atoms with van der Waals surface area (Å²) in [6, 6.07) is 81.1. The van der Waals surface area contributed by atoms with E-state index in [1.165, 1.54) is 60.7 Å². The number of benzene rings is 9. The maximum Gasteiger partial charge on any atom is 0.160 e. The molecule has 0 fully saturated rings. The minimum absolute atomic E-state index is 0.540. The smallest absolute Gasteiger partial charge is 0.160 e. The van der Waals surface area contributed by atoms with Crippen LogP contribution in [0, 0.1) is 0 Å². The highest BCUT2D eigenvalue weighted by atomic mass is 14.9. The van der Waals surface area contributed by atoms with Crippen molar-refractivity contribution in [3.8, 4) is 67.3 Å². The molecule has 0 unspecified atom stereocenters. The van der Waals surface area contributed by atoms with Crippen LogP contribution >= 0.6 is 0 Å². The maximum atomic E-state index is 5.28. The fourth-order valence-electron chi connectivity index (χ4n) is 10.0. The second-order valence-corrected chi connectivity index (χ2v) is 16.3. The van der Waals surface area contributed by atoms with Gasteiger partial charge in [0.1, 0.15) is 0 Å². The molecule has 0 saturated heterocycles. The summed E-state index contributed by atoms with van der Waals surface area (Å²) in [5.41, 5.74) is 16.5. The normalized spacial score (nSPS) is 12.6. The zero-order chi connectivity index (χ0) is 41.7. The van der Waals surface area contributed by atoms with Gasteiger partial charge in [-0.1, -0.05) is 206 Å². The molecule has 3 nitrogen and oxygen atoms in total. The van der Waals surface area contributed by atoms with Crippen LogP contribution in [-0.2, 0) is 5.41 Å². The van der Waals surface area contributed by atoms with Gasteiger partial charge in [-0.15, -0.1) is 0 Å². The van der Waals surface area contributed by atoms with Crippen LogP contribution in [0.1, 0.15) is 22.3 Å². The van der Waals surface area contributed by atoms with E-state index in [1.54, 1.807) is 6.20 Å². The van der Waals surface area contributed by atoms with Crippen LogP contribution in [0.15, 0.2) is 237 Å². The Morgan fingerprint density at radius 2 is 0.889 bits per heavy atom. The molecule has 11 aromatic rings. The second-order valence-electron chi connectivity index (χ2n) is 16.3. The minimum atomic E-state index is -0.540. The molecule has 0 bridgehead atoms. The van der Waals surface area contributed by atoms with E-state index in [9.17, 15) is 0 Å². The van der Waals surface area contributed by atoms with Gasteiger partial charge in [0.15, 0.2) is 5.82 Å². The molecule has 3 heteroatoms. The van der Waals surface area contributed by atoms with Gasteiger partial charge in [-0.2, -0.15) is 0 Å². The van der Waals surface area contributed by atoms with Crippen molar-refractivity contribution >= 4 is 21.5 Å². The van der Waals surface area contributed by atoms with Gasteiger partial charge in [0.25, 0.3) is 0 Å². The fraction of sp³-hybridized carbons (Fsp3) is 0.0167. The molecular formula is C60H39N3. The van der Waals surface area contributed by atoms with Crippen molar-refractivity contribution < 1.29 is 0 Å². The predicted octanol–water partition coefficient (Wildman–Crippen LogP) is 14.9. The molecule has 1 aliphatic rings. The first-order chi connectivity index (χ1) is 31.2. The summed E-state index contributed by atoms with van der Waals surface area (Å²) >= 11 is 0. The predicted molar refractivity (Wildman–Crippen MR) is 259 cm³/mol. The summed E-state index contributed by atoms with van der Waals surface area (Å²) in [4.78, 5) is 14.8. The topological polar surface area (TPSA) is 38.7 Å². The second kappa shape index (κ2) is 15.0. The molecule has 9 aromatic carbocycles. The summed E-state index contributed by atoms with van der Waals surface area (Å²) in [5, 5.41) is 4.83. The Labute approximate surface area is 366 Å². The average molecular weight is 802 g/mol. The van der Waals surface area contributed by atoms with Crippen LogP contribution in [0.4, 0.5) is 0 Å². The van der Waals surface area contributed by atoms with Crippen LogP contribution in [0.3, 0.4) is 0 Å². The first-order valence-corrected chi connectivity index (χ1v) is 21.5. The van der Waals surface area contributed by atoms with Crippen molar-refractivity contribution in [2.75, 3.05) is 0 Å². The van der Waals surface area contributed by atoms with Crippen molar-refractivity contribution in [2.24, 2.45) is 0 Å². The van der Waals surface area contributed by atoms with Gasteiger partial charge >= 0.3 is 0 Å². The Balaban J connectivity index is 1.05. The van der Waals surface area contributed by atoms with E-state index in [4.69, 9.17) is 9.97 Å². The number of nitrogens with zero attached hydrogens (tertiary/aromatic N) is 3. The van der Waals surface area contributed by atoms with E-state index in [0.29, 0.717) is 5.82 Å². The van der Waals surface area contributed by atoms with E-state index < -0.39 is 5.41 Å². The Morgan fingerprint density at radius 3 is 1.60 bits per heavy atom. The first kappa shape index (κ1) is 36.6. The molecular weight excluding hydrogens is 763 g/mol. The summed E-state index contributed by atoms with van der Waals surface area (Å²) in [7, 11) is 0. The highest BCUT2D eigenvalue weighted by Gasteiger charge is 2.47. The van der Waals surface area contributed by atoms with Gasteiger partial charge in [0.05, 0.1) is 16.8 Å². The molecule has 0 aliphatic heterocycles. The number of pyridine rings is 1. The third-order valence-electron chi connectivity index (χ3n) is 12.9. The molecule has 0 spiro atoms. The van der Waals surface area contributed by atoms with Gasteiger partial charge in [0, 0.05) is 29.1 Å². The molecule has 294 valence electrons. The third-order valence-corrected chi connectivity index (χ3v) is 12.9. The molecule has 1 aliphatic carbocycles. The zero-order valence-corrected chi connectivity index (χ0v) is 34.4. The third kappa shape index (κ3) is 6.01. The zero-order valence-electron chi connectivity index (χ0n) is 34.4.